The molecule has 0 unspecified atom stereocenters. The summed E-state index contributed by atoms with van der Waals surface area (Å²) in [6.07, 6.45) is 10.5. The van der Waals surface area contributed by atoms with E-state index < -0.39 is 0 Å². The first-order valence-corrected chi connectivity index (χ1v) is 11.1. The minimum absolute atomic E-state index is 0.279. The Hall–Kier alpha value is -3.13. The van der Waals surface area contributed by atoms with Crippen molar-refractivity contribution in [3.8, 4) is 17.9 Å². The molecular formula is C24H25N5OS. The number of aliphatic imine (C=N–C) groups is 1. The summed E-state index contributed by atoms with van der Waals surface area (Å²) in [5, 5.41) is 19.1. The molecule has 0 amide bonds. The summed E-state index contributed by atoms with van der Waals surface area (Å²) < 4.78 is 7.80. The van der Waals surface area contributed by atoms with E-state index >= 15 is 0 Å². The van der Waals surface area contributed by atoms with Crippen molar-refractivity contribution in [1.29, 1.82) is 5.26 Å². The Balaban J connectivity index is 1.66. The predicted octanol–water partition coefficient (Wildman–Crippen LogP) is 4.83. The van der Waals surface area contributed by atoms with Crippen LogP contribution in [0.2, 0.25) is 0 Å². The van der Waals surface area contributed by atoms with Gasteiger partial charge in [-0.1, -0.05) is 36.4 Å². The molecule has 1 heterocycles. The van der Waals surface area contributed by atoms with E-state index in [1.54, 1.807) is 30.1 Å². The molecule has 158 valence electrons. The number of rotatable bonds is 8. The number of ether oxygens (including phenoxy) is 1. The molecule has 0 N–H and O–H groups in total. The van der Waals surface area contributed by atoms with Crippen molar-refractivity contribution in [2.75, 3.05) is 6.61 Å². The fourth-order valence-electron chi connectivity index (χ4n) is 3.26. The van der Waals surface area contributed by atoms with Crippen molar-refractivity contribution in [2.24, 2.45) is 4.99 Å². The van der Waals surface area contributed by atoms with Gasteiger partial charge in [0.05, 0.1) is 11.6 Å². The number of hydrogen-bond acceptors (Lipinski definition) is 6. The molecule has 0 bridgehead atoms. The van der Waals surface area contributed by atoms with Crippen LogP contribution in [0.15, 0.2) is 52.8 Å². The number of thioether (sulfide) groups is 1. The van der Waals surface area contributed by atoms with Gasteiger partial charge in [-0.2, -0.15) is 5.26 Å². The molecule has 1 aliphatic carbocycles. The van der Waals surface area contributed by atoms with E-state index in [9.17, 15) is 0 Å². The van der Waals surface area contributed by atoms with E-state index in [0.29, 0.717) is 17.4 Å². The lowest BCUT2D eigenvalue weighted by Crippen LogP contribution is -2.06. The summed E-state index contributed by atoms with van der Waals surface area (Å²) in [5.41, 5.74) is 2.46. The van der Waals surface area contributed by atoms with E-state index in [1.165, 1.54) is 25.7 Å². The second-order valence-electron chi connectivity index (χ2n) is 7.07. The average molecular weight is 432 g/mol. The highest BCUT2D eigenvalue weighted by Crippen LogP contribution is 2.35. The number of hydrogen-bond donors (Lipinski definition) is 0. The van der Waals surface area contributed by atoms with Crippen LogP contribution >= 0.6 is 11.8 Å². The minimum atomic E-state index is 0.279. The fraction of sp³-hybridized carbons (Fsp3) is 0.333. The van der Waals surface area contributed by atoms with Gasteiger partial charge in [-0.05, 0) is 62.9 Å². The third-order valence-electron chi connectivity index (χ3n) is 4.81. The average Bonchev–Trinajstić information content (AvgIpc) is 3.44. The Labute approximate surface area is 187 Å². The maximum absolute atomic E-state index is 8.85. The first-order chi connectivity index (χ1) is 15.2. The van der Waals surface area contributed by atoms with Crippen molar-refractivity contribution in [2.45, 2.75) is 49.6 Å². The van der Waals surface area contributed by atoms with Gasteiger partial charge in [-0.15, -0.1) is 10.2 Å². The van der Waals surface area contributed by atoms with Crippen LogP contribution in [0.3, 0.4) is 0 Å². The van der Waals surface area contributed by atoms with E-state index in [0.717, 1.165) is 22.2 Å². The molecule has 1 aliphatic rings. The van der Waals surface area contributed by atoms with Gasteiger partial charge in [0.15, 0.2) is 11.0 Å². The number of allylic oxidation sites excluding steroid dienone is 3. The van der Waals surface area contributed by atoms with E-state index in [4.69, 9.17) is 10.00 Å². The Kier molecular flexibility index (Phi) is 8.66. The topological polar surface area (TPSA) is 76.1 Å². The van der Waals surface area contributed by atoms with Crippen LogP contribution in [0.4, 0.5) is 0 Å². The van der Waals surface area contributed by atoms with Gasteiger partial charge >= 0.3 is 0 Å². The van der Waals surface area contributed by atoms with Crippen LogP contribution < -0.4 is 0 Å². The minimum Gasteiger partial charge on any atom is -0.361 e. The van der Waals surface area contributed by atoms with Gasteiger partial charge in [0.2, 0.25) is 0 Å². The van der Waals surface area contributed by atoms with Gasteiger partial charge in [0, 0.05) is 22.7 Å². The van der Waals surface area contributed by atoms with Gasteiger partial charge < -0.3 is 4.74 Å². The monoisotopic (exact) mass is 431 g/mol. The summed E-state index contributed by atoms with van der Waals surface area (Å²) in [4.78, 5) is 3.75. The Morgan fingerprint density at radius 1 is 1.29 bits per heavy atom. The molecule has 7 heteroatoms. The molecule has 0 radical (unpaired) electrons. The SMILES string of the molecule is C=N/C=C\C=C(/C)n1c(COCC#Cc2ccc(C#N)cc2)nnc1SC1CCCC1. The fourth-order valence-corrected chi connectivity index (χ4v) is 4.57. The third-order valence-corrected chi connectivity index (χ3v) is 6.09. The molecule has 2 aromatic rings. The number of nitriles is 1. The Morgan fingerprint density at radius 3 is 2.74 bits per heavy atom. The zero-order valence-electron chi connectivity index (χ0n) is 17.6. The third kappa shape index (κ3) is 6.68. The van der Waals surface area contributed by atoms with E-state index in [2.05, 4.69) is 39.8 Å². The predicted molar refractivity (Wildman–Crippen MR) is 124 cm³/mol. The smallest absolute Gasteiger partial charge is 0.195 e. The molecule has 6 nitrogen and oxygen atoms in total. The van der Waals surface area contributed by atoms with Crippen LogP contribution in [0.25, 0.3) is 5.70 Å². The molecule has 3 rings (SSSR count). The van der Waals surface area contributed by atoms with E-state index in [-0.39, 0.29) is 6.61 Å². The number of aromatic nitrogens is 3. The molecule has 0 spiro atoms. The second kappa shape index (κ2) is 11.9. The molecule has 31 heavy (non-hydrogen) atoms. The Morgan fingerprint density at radius 2 is 2.03 bits per heavy atom. The Bertz CT molecular complexity index is 1040. The largest absolute Gasteiger partial charge is 0.361 e. The van der Waals surface area contributed by atoms with E-state index in [1.807, 2.05) is 35.8 Å². The lowest BCUT2D eigenvalue weighted by atomic mass is 10.1. The number of nitrogens with zero attached hydrogens (tertiary/aromatic N) is 5. The summed E-state index contributed by atoms with van der Waals surface area (Å²) in [6, 6.07) is 9.26. The number of benzene rings is 1. The highest BCUT2D eigenvalue weighted by Gasteiger charge is 2.21. The molecular weight excluding hydrogens is 406 g/mol. The van der Waals surface area contributed by atoms with Crippen molar-refractivity contribution in [1.82, 2.24) is 14.8 Å². The van der Waals surface area contributed by atoms with Gasteiger partial charge in [0.25, 0.3) is 0 Å². The zero-order chi connectivity index (χ0) is 21.9. The first-order valence-electron chi connectivity index (χ1n) is 10.2. The molecule has 1 fully saturated rings. The quantitative estimate of drug-likeness (QED) is 0.259. The van der Waals surface area contributed by atoms with Crippen LogP contribution in [-0.4, -0.2) is 33.3 Å². The van der Waals surface area contributed by atoms with Crippen molar-refractivity contribution < 1.29 is 4.74 Å². The molecule has 1 aromatic carbocycles. The van der Waals surface area contributed by atoms with Crippen molar-refractivity contribution in [3.63, 3.8) is 0 Å². The van der Waals surface area contributed by atoms with Gasteiger partial charge in [-0.3, -0.25) is 9.56 Å². The maximum atomic E-state index is 8.85. The van der Waals surface area contributed by atoms with Crippen LogP contribution in [-0.2, 0) is 11.3 Å². The summed E-state index contributed by atoms with van der Waals surface area (Å²) >= 11 is 1.79. The summed E-state index contributed by atoms with van der Waals surface area (Å²) in [5.74, 6) is 6.79. The molecule has 0 aliphatic heterocycles. The highest BCUT2D eigenvalue weighted by atomic mass is 32.2. The van der Waals surface area contributed by atoms with Crippen molar-refractivity contribution in [3.05, 3.63) is 59.6 Å². The van der Waals surface area contributed by atoms with Gasteiger partial charge in [-0.25, -0.2) is 0 Å². The first kappa shape index (κ1) is 22.6. The molecule has 1 aromatic heterocycles. The van der Waals surface area contributed by atoms with Crippen LogP contribution in [0.5, 0.6) is 0 Å². The van der Waals surface area contributed by atoms with Gasteiger partial charge in [0.1, 0.15) is 13.2 Å². The van der Waals surface area contributed by atoms with Crippen LogP contribution in [0.1, 0.15) is 49.6 Å². The molecule has 0 saturated heterocycles. The maximum Gasteiger partial charge on any atom is 0.195 e. The highest BCUT2D eigenvalue weighted by molar-refractivity contribution is 7.99. The van der Waals surface area contributed by atoms with Crippen LogP contribution in [0, 0.1) is 23.2 Å². The summed E-state index contributed by atoms with van der Waals surface area (Å²) in [7, 11) is 0. The molecule has 1 saturated carbocycles. The lowest BCUT2D eigenvalue weighted by molar-refractivity contribution is 0.145. The normalized spacial score (nSPS) is 14.4. The summed E-state index contributed by atoms with van der Waals surface area (Å²) in [6.45, 7) is 6.07. The standard InChI is InChI=1S/C24H25N5OS/c1-19(7-5-15-26-2)29-23(27-28-24(29)31-22-9-3-4-10-22)18-30-16-6-8-20-11-13-21(17-25)14-12-20/h5,7,11-15,22H,2-4,9-10,16,18H2,1H3/b15-5-,19-7+. The lowest BCUT2D eigenvalue weighted by Gasteiger charge is -2.12. The molecule has 0 atom stereocenters. The zero-order valence-corrected chi connectivity index (χ0v) is 18.4. The van der Waals surface area contributed by atoms with Crippen molar-refractivity contribution >= 4 is 24.2 Å². The second-order valence-corrected chi connectivity index (χ2v) is 8.34.